The van der Waals surface area contributed by atoms with Crippen LogP contribution in [0.1, 0.15) is 11.1 Å². The predicted octanol–water partition coefficient (Wildman–Crippen LogP) is 2.07. The number of rotatable bonds is 4. The van der Waals surface area contributed by atoms with Crippen molar-refractivity contribution < 1.29 is 15.1 Å². The van der Waals surface area contributed by atoms with Crippen LogP contribution in [0.25, 0.3) is 0 Å². The summed E-state index contributed by atoms with van der Waals surface area (Å²) in [6, 6.07) is 13.7. The monoisotopic (exact) mass is 258 g/mol. The van der Waals surface area contributed by atoms with E-state index >= 15 is 0 Å². The Balaban J connectivity index is 2.00. The lowest BCUT2D eigenvalue weighted by atomic mass is 10.2. The van der Waals surface area contributed by atoms with Crippen molar-refractivity contribution in [3.63, 3.8) is 0 Å². The Kier molecular flexibility index (Phi) is 3.87. The van der Waals surface area contributed by atoms with E-state index in [0.29, 0.717) is 17.9 Å². The molecular formula is C14H14N2O3. The van der Waals surface area contributed by atoms with Gasteiger partial charge in [0.2, 0.25) is 0 Å². The molecule has 0 saturated carbocycles. The Morgan fingerprint density at radius 2 is 1.89 bits per heavy atom. The van der Waals surface area contributed by atoms with Gasteiger partial charge in [0.1, 0.15) is 18.1 Å². The third-order valence-electron chi connectivity index (χ3n) is 2.57. The predicted molar refractivity (Wildman–Crippen MR) is 71.4 cm³/mol. The van der Waals surface area contributed by atoms with Gasteiger partial charge in [0, 0.05) is 5.56 Å². The molecule has 2 rings (SSSR count). The zero-order valence-electron chi connectivity index (χ0n) is 10.2. The van der Waals surface area contributed by atoms with Gasteiger partial charge < -0.3 is 20.8 Å². The highest BCUT2D eigenvalue weighted by molar-refractivity contribution is 5.97. The number of nitrogens with two attached hydrogens (primary N) is 1. The highest BCUT2D eigenvalue weighted by atomic mass is 16.5. The van der Waals surface area contributed by atoms with Crippen molar-refractivity contribution in [3.8, 4) is 11.5 Å². The van der Waals surface area contributed by atoms with Crippen LogP contribution in [-0.2, 0) is 6.61 Å². The smallest absolute Gasteiger partial charge is 0.170 e. The van der Waals surface area contributed by atoms with Crippen molar-refractivity contribution in [2.24, 2.45) is 10.9 Å². The van der Waals surface area contributed by atoms with Crippen LogP contribution < -0.4 is 10.5 Å². The Hall–Kier alpha value is -2.69. The van der Waals surface area contributed by atoms with Crippen LogP contribution in [0.3, 0.4) is 0 Å². The molecule has 98 valence electrons. The molecule has 0 aliphatic rings. The minimum Gasteiger partial charge on any atom is -0.508 e. The summed E-state index contributed by atoms with van der Waals surface area (Å²) in [5.74, 6) is 0.931. The number of phenolic OH excluding ortho intramolecular Hbond substituents is 1. The van der Waals surface area contributed by atoms with Crippen LogP contribution in [0.2, 0.25) is 0 Å². The number of oxime groups is 1. The second-order valence-electron chi connectivity index (χ2n) is 3.97. The second kappa shape index (κ2) is 5.77. The lowest BCUT2D eigenvalue weighted by molar-refractivity contribution is 0.305. The van der Waals surface area contributed by atoms with Crippen molar-refractivity contribution in [2.75, 3.05) is 0 Å². The Bertz CT molecular complexity index is 579. The zero-order valence-corrected chi connectivity index (χ0v) is 10.2. The van der Waals surface area contributed by atoms with E-state index in [-0.39, 0.29) is 11.6 Å². The van der Waals surface area contributed by atoms with Gasteiger partial charge in [-0.05, 0) is 42.0 Å². The SMILES string of the molecule is NC(=NO)c1ccc(OCc2cccc(O)c2)cc1. The van der Waals surface area contributed by atoms with E-state index in [2.05, 4.69) is 5.16 Å². The zero-order chi connectivity index (χ0) is 13.7. The first-order valence-electron chi connectivity index (χ1n) is 5.67. The maximum Gasteiger partial charge on any atom is 0.170 e. The number of ether oxygens (including phenoxy) is 1. The molecule has 0 heterocycles. The van der Waals surface area contributed by atoms with Gasteiger partial charge in [-0.1, -0.05) is 17.3 Å². The first kappa shape index (κ1) is 12.8. The molecule has 0 radical (unpaired) electrons. The molecule has 0 atom stereocenters. The summed E-state index contributed by atoms with van der Waals surface area (Å²) >= 11 is 0. The van der Waals surface area contributed by atoms with Gasteiger partial charge in [-0.15, -0.1) is 0 Å². The maximum atomic E-state index is 9.33. The van der Waals surface area contributed by atoms with Crippen molar-refractivity contribution in [1.29, 1.82) is 0 Å². The number of benzene rings is 2. The van der Waals surface area contributed by atoms with Gasteiger partial charge in [0.05, 0.1) is 0 Å². The highest BCUT2D eigenvalue weighted by Gasteiger charge is 2.00. The van der Waals surface area contributed by atoms with Crippen molar-refractivity contribution in [2.45, 2.75) is 6.61 Å². The van der Waals surface area contributed by atoms with Gasteiger partial charge in [0.25, 0.3) is 0 Å². The summed E-state index contributed by atoms with van der Waals surface area (Å²) in [5, 5.41) is 20.8. The molecule has 0 aliphatic heterocycles. The van der Waals surface area contributed by atoms with Gasteiger partial charge in [0.15, 0.2) is 5.84 Å². The molecule has 5 nitrogen and oxygen atoms in total. The van der Waals surface area contributed by atoms with E-state index < -0.39 is 0 Å². The summed E-state index contributed by atoms with van der Waals surface area (Å²) in [6.07, 6.45) is 0. The van der Waals surface area contributed by atoms with Crippen LogP contribution in [-0.4, -0.2) is 16.1 Å². The standard InChI is InChI=1S/C14H14N2O3/c15-14(16-18)11-4-6-13(7-5-11)19-9-10-2-1-3-12(17)8-10/h1-8,17-18H,9H2,(H2,15,16). The van der Waals surface area contributed by atoms with Crippen LogP contribution in [0.15, 0.2) is 53.7 Å². The van der Waals surface area contributed by atoms with Crippen LogP contribution in [0.4, 0.5) is 0 Å². The van der Waals surface area contributed by atoms with Crippen molar-refractivity contribution in [1.82, 2.24) is 0 Å². The molecule has 0 spiro atoms. The molecule has 4 N–H and O–H groups in total. The van der Waals surface area contributed by atoms with Crippen LogP contribution in [0, 0.1) is 0 Å². The van der Waals surface area contributed by atoms with Crippen LogP contribution in [0.5, 0.6) is 11.5 Å². The first-order chi connectivity index (χ1) is 9.19. The van der Waals surface area contributed by atoms with E-state index in [0.717, 1.165) is 5.56 Å². The van der Waals surface area contributed by atoms with Crippen molar-refractivity contribution >= 4 is 5.84 Å². The first-order valence-corrected chi connectivity index (χ1v) is 5.67. The summed E-state index contributed by atoms with van der Waals surface area (Å²) < 4.78 is 5.56. The molecule has 0 unspecified atom stereocenters. The highest BCUT2D eigenvalue weighted by Crippen LogP contribution is 2.16. The quantitative estimate of drug-likeness (QED) is 0.339. The third-order valence-corrected chi connectivity index (χ3v) is 2.57. The molecule has 0 aromatic heterocycles. The number of hydrogen-bond donors (Lipinski definition) is 3. The van der Waals surface area contributed by atoms with Gasteiger partial charge in [-0.25, -0.2) is 0 Å². The largest absolute Gasteiger partial charge is 0.508 e. The van der Waals surface area contributed by atoms with E-state index in [1.807, 2.05) is 6.07 Å². The molecule has 0 aliphatic carbocycles. The topological polar surface area (TPSA) is 88.1 Å². The Morgan fingerprint density at radius 3 is 2.53 bits per heavy atom. The number of phenols is 1. The maximum absolute atomic E-state index is 9.33. The molecule has 0 saturated heterocycles. The fraction of sp³-hybridized carbons (Fsp3) is 0.0714. The summed E-state index contributed by atoms with van der Waals surface area (Å²) in [5.41, 5.74) is 6.95. The van der Waals surface area contributed by atoms with Crippen molar-refractivity contribution in [3.05, 3.63) is 59.7 Å². The minimum absolute atomic E-state index is 0.0551. The second-order valence-corrected chi connectivity index (χ2v) is 3.97. The summed E-state index contributed by atoms with van der Waals surface area (Å²) in [7, 11) is 0. The van der Waals surface area contributed by atoms with E-state index in [9.17, 15) is 5.11 Å². The molecule has 0 fully saturated rings. The number of amidine groups is 1. The summed E-state index contributed by atoms with van der Waals surface area (Å²) in [4.78, 5) is 0. The van der Waals surface area contributed by atoms with Gasteiger partial charge in [-0.3, -0.25) is 0 Å². The average molecular weight is 258 g/mol. The summed E-state index contributed by atoms with van der Waals surface area (Å²) in [6.45, 7) is 0.358. The molecule has 0 amide bonds. The molecular weight excluding hydrogens is 244 g/mol. The average Bonchev–Trinajstić information content (AvgIpc) is 2.45. The molecule has 2 aromatic carbocycles. The van der Waals surface area contributed by atoms with Crippen LogP contribution >= 0.6 is 0 Å². The molecule has 2 aromatic rings. The van der Waals surface area contributed by atoms with E-state index in [1.54, 1.807) is 42.5 Å². The lowest BCUT2D eigenvalue weighted by Crippen LogP contribution is -2.12. The van der Waals surface area contributed by atoms with E-state index in [1.165, 1.54) is 0 Å². The Labute approximate surface area is 110 Å². The fourth-order valence-corrected chi connectivity index (χ4v) is 1.59. The normalized spacial score (nSPS) is 11.3. The molecule has 19 heavy (non-hydrogen) atoms. The number of hydrogen-bond acceptors (Lipinski definition) is 4. The fourth-order valence-electron chi connectivity index (χ4n) is 1.59. The molecule has 5 heteroatoms. The minimum atomic E-state index is 0.0551. The lowest BCUT2D eigenvalue weighted by Gasteiger charge is -2.07. The number of aromatic hydroxyl groups is 1. The number of nitrogens with zero attached hydrogens (tertiary/aromatic N) is 1. The van der Waals surface area contributed by atoms with Gasteiger partial charge >= 0.3 is 0 Å². The van der Waals surface area contributed by atoms with E-state index in [4.69, 9.17) is 15.7 Å². The molecule has 0 bridgehead atoms. The van der Waals surface area contributed by atoms with Gasteiger partial charge in [-0.2, -0.15) is 0 Å². The Morgan fingerprint density at radius 1 is 1.16 bits per heavy atom. The third kappa shape index (κ3) is 3.38.